The summed E-state index contributed by atoms with van der Waals surface area (Å²) >= 11 is 0. The monoisotopic (exact) mass is 203 g/mol. The van der Waals surface area contributed by atoms with Crippen LogP contribution in [0.2, 0.25) is 0 Å². The zero-order valence-electron chi connectivity index (χ0n) is 6.53. The van der Waals surface area contributed by atoms with Crippen LogP contribution in [0.1, 0.15) is 5.56 Å². The van der Waals surface area contributed by atoms with E-state index in [-0.39, 0.29) is 17.1 Å². The minimum atomic E-state index is -0.489. The molecular formula is C9H10MnNO. The number of benzene rings is 1. The number of carbonyl (C=O) groups excluding carboxylic acids is 1. The van der Waals surface area contributed by atoms with Gasteiger partial charge >= 0.3 is 0 Å². The molecule has 0 bridgehead atoms. The Bertz CT molecular complexity index is 225. The number of nitrogens with two attached hydrogens (primary N) is 1. The first kappa shape index (κ1) is 11.4. The van der Waals surface area contributed by atoms with Crippen LogP contribution in [0, 0.1) is 0 Å². The predicted molar refractivity (Wildman–Crippen MR) is 43.8 cm³/mol. The van der Waals surface area contributed by atoms with Crippen molar-refractivity contribution in [3.8, 4) is 0 Å². The topological polar surface area (TPSA) is 43.1 Å². The molecule has 0 heterocycles. The van der Waals surface area contributed by atoms with Crippen molar-refractivity contribution in [3.63, 3.8) is 0 Å². The molecule has 0 fully saturated rings. The van der Waals surface area contributed by atoms with Crippen molar-refractivity contribution in [1.29, 1.82) is 0 Å². The average molecular weight is 203 g/mol. The summed E-state index contributed by atoms with van der Waals surface area (Å²) < 4.78 is 0. The Hall–Kier alpha value is -0.631. The van der Waals surface area contributed by atoms with E-state index < -0.39 is 6.04 Å². The molecule has 3 heteroatoms. The van der Waals surface area contributed by atoms with Crippen molar-refractivity contribution in [2.75, 3.05) is 0 Å². The minimum absolute atomic E-state index is 0. The van der Waals surface area contributed by atoms with Gasteiger partial charge in [0.05, 0.1) is 6.04 Å². The summed E-state index contributed by atoms with van der Waals surface area (Å²) in [4.78, 5) is 10.1. The fourth-order valence-corrected chi connectivity index (χ4v) is 0.910. The second-order valence-corrected chi connectivity index (χ2v) is 2.41. The molecular weight excluding hydrogens is 193 g/mol. The van der Waals surface area contributed by atoms with Crippen molar-refractivity contribution in [2.45, 2.75) is 12.5 Å². The van der Waals surface area contributed by atoms with E-state index in [4.69, 9.17) is 5.73 Å². The van der Waals surface area contributed by atoms with Gasteiger partial charge in [0.15, 0.2) is 0 Å². The standard InChI is InChI=1S/C9H10NO.Mn/c10-9(7-11)6-8-4-2-1-3-5-8;/h1-5,9H,6,10H2;. The quantitative estimate of drug-likeness (QED) is 0.733. The van der Waals surface area contributed by atoms with Crippen LogP contribution in [0.5, 0.6) is 0 Å². The number of hydrogen-bond acceptors (Lipinski definition) is 2. The van der Waals surface area contributed by atoms with Crippen LogP contribution in [-0.2, 0) is 28.3 Å². The predicted octanol–water partition coefficient (Wildman–Crippen LogP) is 0.664. The first-order chi connectivity index (χ1) is 5.33. The van der Waals surface area contributed by atoms with E-state index in [1.165, 1.54) is 0 Å². The smallest absolute Gasteiger partial charge is 0.217 e. The maximum atomic E-state index is 10.1. The van der Waals surface area contributed by atoms with Crippen LogP contribution in [0.15, 0.2) is 30.3 Å². The van der Waals surface area contributed by atoms with Crippen LogP contribution in [0.25, 0.3) is 0 Å². The van der Waals surface area contributed by atoms with Gasteiger partial charge in [-0.25, -0.2) is 0 Å². The molecule has 2 radical (unpaired) electrons. The number of hydrogen-bond donors (Lipinski definition) is 1. The first-order valence-corrected chi connectivity index (χ1v) is 3.50. The van der Waals surface area contributed by atoms with Crippen LogP contribution < -0.4 is 5.73 Å². The molecule has 64 valence electrons. The molecule has 0 amide bonds. The van der Waals surface area contributed by atoms with Gasteiger partial charge in [0.2, 0.25) is 6.29 Å². The third-order valence-electron chi connectivity index (χ3n) is 1.45. The van der Waals surface area contributed by atoms with Crippen molar-refractivity contribution >= 4 is 6.29 Å². The zero-order chi connectivity index (χ0) is 8.10. The summed E-state index contributed by atoms with van der Waals surface area (Å²) in [5.74, 6) is 0. The van der Waals surface area contributed by atoms with E-state index in [2.05, 4.69) is 0 Å². The van der Waals surface area contributed by atoms with Gasteiger partial charge in [0.1, 0.15) is 0 Å². The second-order valence-electron chi connectivity index (χ2n) is 2.41. The van der Waals surface area contributed by atoms with Crippen LogP contribution >= 0.6 is 0 Å². The third-order valence-corrected chi connectivity index (χ3v) is 1.45. The summed E-state index contributed by atoms with van der Waals surface area (Å²) in [6.45, 7) is 0. The summed E-state index contributed by atoms with van der Waals surface area (Å²) in [6.07, 6.45) is 2.31. The van der Waals surface area contributed by atoms with Gasteiger partial charge in [-0.15, -0.1) is 0 Å². The van der Waals surface area contributed by atoms with Gasteiger partial charge in [-0.2, -0.15) is 0 Å². The Balaban J connectivity index is 0.00000121. The number of rotatable bonds is 3. The van der Waals surface area contributed by atoms with E-state index in [9.17, 15) is 4.79 Å². The van der Waals surface area contributed by atoms with E-state index in [1.807, 2.05) is 30.3 Å². The average Bonchev–Trinajstić information content (AvgIpc) is 2.06. The Morgan fingerprint density at radius 3 is 2.42 bits per heavy atom. The molecule has 2 N–H and O–H groups in total. The second kappa shape index (κ2) is 5.95. The molecule has 1 aromatic rings. The van der Waals surface area contributed by atoms with Crippen LogP contribution in [0.3, 0.4) is 0 Å². The minimum Gasteiger partial charge on any atom is -0.321 e. The van der Waals surface area contributed by atoms with E-state index >= 15 is 0 Å². The van der Waals surface area contributed by atoms with E-state index in [0.29, 0.717) is 6.42 Å². The summed E-state index contributed by atoms with van der Waals surface area (Å²) in [6, 6.07) is 9.17. The molecule has 12 heavy (non-hydrogen) atoms. The Labute approximate surface area is 82.6 Å². The van der Waals surface area contributed by atoms with Gasteiger partial charge < -0.3 is 5.73 Å². The van der Waals surface area contributed by atoms with Gasteiger partial charge in [0, 0.05) is 17.1 Å². The summed E-state index contributed by atoms with van der Waals surface area (Å²) in [7, 11) is 0. The molecule has 0 aliphatic rings. The van der Waals surface area contributed by atoms with Gasteiger partial charge in [-0.05, 0) is 12.0 Å². The fourth-order valence-electron chi connectivity index (χ4n) is 0.910. The maximum absolute atomic E-state index is 10.1. The fraction of sp³-hybridized carbons (Fsp3) is 0.222. The molecule has 1 aromatic carbocycles. The normalized spacial score (nSPS) is 11.4. The van der Waals surface area contributed by atoms with Crippen LogP contribution in [-0.4, -0.2) is 12.3 Å². The van der Waals surface area contributed by atoms with Crippen molar-refractivity contribution in [2.24, 2.45) is 5.73 Å². The van der Waals surface area contributed by atoms with Crippen molar-refractivity contribution < 1.29 is 21.9 Å². The Morgan fingerprint density at radius 2 is 1.92 bits per heavy atom. The first-order valence-electron chi connectivity index (χ1n) is 3.50. The van der Waals surface area contributed by atoms with Gasteiger partial charge in [-0.3, -0.25) is 4.79 Å². The molecule has 2 nitrogen and oxygen atoms in total. The molecule has 0 spiro atoms. The molecule has 0 aromatic heterocycles. The SMILES string of the molecule is NC([C]=O)Cc1ccccc1.[Mn]. The zero-order valence-corrected chi connectivity index (χ0v) is 7.72. The van der Waals surface area contributed by atoms with Gasteiger partial charge in [-0.1, -0.05) is 30.3 Å². The molecule has 1 rings (SSSR count). The molecule has 1 atom stereocenters. The van der Waals surface area contributed by atoms with E-state index in [1.54, 1.807) is 6.29 Å². The maximum Gasteiger partial charge on any atom is 0.217 e. The largest absolute Gasteiger partial charge is 0.321 e. The summed E-state index contributed by atoms with van der Waals surface area (Å²) in [5.41, 5.74) is 6.45. The van der Waals surface area contributed by atoms with Crippen LogP contribution in [0.4, 0.5) is 0 Å². The Kier molecular flexibility index (Phi) is 5.64. The van der Waals surface area contributed by atoms with Gasteiger partial charge in [0.25, 0.3) is 0 Å². The molecule has 0 aliphatic carbocycles. The molecule has 1 unspecified atom stereocenters. The van der Waals surface area contributed by atoms with Crippen molar-refractivity contribution in [1.82, 2.24) is 0 Å². The van der Waals surface area contributed by atoms with E-state index in [0.717, 1.165) is 5.56 Å². The molecule has 0 saturated carbocycles. The Morgan fingerprint density at radius 1 is 1.33 bits per heavy atom. The van der Waals surface area contributed by atoms with Crippen molar-refractivity contribution in [3.05, 3.63) is 35.9 Å². The molecule has 0 aliphatic heterocycles. The third kappa shape index (κ3) is 3.67. The summed E-state index contributed by atoms with van der Waals surface area (Å²) in [5, 5.41) is 0. The molecule has 0 saturated heterocycles.